The lowest BCUT2D eigenvalue weighted by molar-refractivity contribution is -0.109. The minimum absolute atomic E-state index is 0.0283. The van der Waals surface area contributed by atoms with Crippen LogP contribution in [-0.4, -0.2) is 39.4 Å². The Labute approximate surface area is 173 Å². The summed E-state index contributed by atoms with van der Waals surface area (Å²) in [6, 6.07) is 9.21. The number of sulfonamides is 1. The van der Waals surface area contributed by atoms with Gasteiger partial charge >= 0.3 is 0 Å². The van der Waals surface area contributed by atoms with Gasteiger partial charge in [0.05, 0.1) is 27.7 Å². The number of thioether (sulfide) groups is 1. The van der Waals surface area contributed by atoms with Gasteiger partial charge in [-0.1, -0.05) is 23.9 Å². The summed E-state index contributed by atoms with van der Waals surface area (Å²) < 4.78 is 31.5. The number of aryl methyl sites for hydroxylation is 2. The molecular weight excluding hydrogens is 412 g/mol. The van der Waals surface area contributed by atoms with Crippen molar-refractivity contribution in [2.24, 2.45) is 14.1 Å². The number of ketones is 1. The van der Waals surface area contributed by atoms with E-state index in [0.717, 1.165) is 23.1 Å². The van der Waals surface area contributed by atoms with Crippen LogP contribution >= 0.6 is 11.8 Å². The van der Waals surface area contributed by atoms with E-state index in [-0.39, 0.29) is 21.5 Å². The molecule has 0 aliphatic carbocycles. The number of carbonyl (C=O) groups is 2. The van der Waals surface area contributed by atoms with Crippen LogP contribution in [0, 0.1) is 0 Å². The summed E-state index contributed by atoms with van der Waals surface area (Å²) in [4.78, 5) is 23.0. The van der Waals surface area contributed by atoms with Crippen LogP contribution in [0.1, 0.15) is 17.3 Å². The van der Waals surface area contributed by atoms with E-state index in [1.165, 1.54) is 31.2 Å². The van der Waals surface area contributed by atoms with Crippen molar-refractivity contribution in [3.05, 3.63) is 54.4 Å². The van der Waals surface area contributed by atoms with Crippen LogP contribution in [0.5, 0.6) is 0 Å². The Kier molecular flexibility index (Phi) is 5.94. The van der Waals surface area contributed by atoms with E-state index in [9.17, 15) is 18.0 Å². The zero-order chi connectivity index (χ0) is 21.2. The summed E-state index contributed by atoms with van der Waals surface area (Å²) in [5, 5.41) is 3.98. The van der Waals surface area contributed by atoms with Gasteiger partial charge in [-0.05, 0) is 24.3 Å². The van der Waals surface area contributed by atoms with Gasteiger partial charge in [-0.2, -0.15) is 5.10 Å². The third-order valence-corrected chi connectivity index (χ3v) is 6.44. The van der Waals surface area contributed by atoms with Crippen LogP contribution in [0.25, 0.3) is 11.4 Å². The minimum Gasteiger partial charge on any atom is -0.347 e. The molecule has 3 rings (SSSR count). The van der Waals surface area contributed by atoms with Crippen molar-refractivity contribution in [2.75, 3.05) is 10.5 Å². The first kappa shape index (κ1) is 20.9. The molecule has 3 aromatic rings. The van der Waals surface area contributed by atoms with Gasteiger partial charge in [0.25, 0.3) is 10.0 Å². The molecule has 0 fully saturated rings. The fourth-order valence-corrected chi connectivity index (χ4v) is 4.32. The Morgan fingerprint density at radius 1 is 1.10 bits per heavy atom. The van der Waals surface area contributed by atoms with Crippen LogP contribution < -0.4 is 4.72 Å². The Hall–Kier alpha value is -2.85. The van der Waals surface area contributed by atoms with Gasteiger partial charge in [0.2, 0.25) is 0 Å². The van der Waals surface area contributed by atoms with Crippen molar-refractivity contribution >= 4 is 38.4 Å². The minimum atomic E-state index is -3.82. The number of benzene rings is 1. The number of hydrogen-bond donors (Lipinski definition) is 1. The van der Waals surface area contributed by atoms with E-state index < -0.39 is 10.0 Å². The lowest BCUT2D eigenvalue weighted by Crippen LogP contribution is -2.13. The van der Waals surface area contributed by atoms with Crippen LogP contribution in [0.2, 0.25) is 0 Å². The van der Waals surface area contributed by atoms with E-state index in [2.05, 4.69) is 9.82 Å². The van der Waals surface area contributed by atoms with Gasteiger partial charge in [0.15, 0.2) is 10.9 Å². The molecule has 0 aliphatic rings. The highest BCUT2D eigenvalue weighted by atomic mass is 32.2. The molecule has 0 atom stereocenters. The highest BCUT2D eigenvalue weighted by Gasteiger charge is 2.18. The van der Waals surface area contributed by atoms with E-state index in [1.54, 1.807) is 23.1 Å². The average molecular weight is 433 g/mol. The fourth-order valence-electron chi connectivity index (χ4n) is 2.78. The Morgan fingerprint density at radius 2 is 1.79 bits per heavy atom. The second-order valence-corrected chi connectivity index (χ2v) is 9.23. The molecule has 0 unspecified atom stereocenters. The second-order valence-electron chi connectivity index (χ2n) is 6.40. The van der Waals surface area contributed by atoms with Crippen molar-refractivity contribution in [1.29, 1.82) is 0 Å². The summed E-state index contributed by atoms with van der Waals surface area (Å²) in [6.45, 7) is 1.39. The molecule has 1 N–H and O–H groups in total. The first-order valence-electron chi connectivity index (χ1n) is 8.61. The molecule has 152 valence electrons. The molecule has 0 spiro atoms. The molecule has 1 aromatic carbocycles. The quantitative estimate of drug-likeness (QED) is 0.576. The third kappa shape index (κ3) is 4.77. The molecule has 0 amide bonds. The number of hydrogen-bond acceptors (Lipinski definition) is 6. The highest BCUT2D eigenvalue weighted by molar-refractivity contribution is 8.14. The number of aromatic nitrogens is 3. The van der Waals surface area contributed by atoms with Crippen LogP contribution in [0.15, 0.2) is 53.7 Å². The predicted molar refractivity (Wildman–Crippen MR) is 112 cm³/mol. The number of rotatable bonds is 7. The standard InChI is InChI=1S/C19H20N4O4S2/c1-13(24)28-12-19(25)14-4-6-16(7-5-14)29(26,27)21-15-10-18(22(2)11-15)17-8-9-20-23(17)3/h4-11,21H,12H2,1-3H3. The monoisotopic (exact) mass is 432 g/mol. The molecule has 0 radical (unpaired) electrons. The van der Waals surface area contributed by atoms with Crippen molar-refractivity contribution in [3.63, 3.8) is 0 Å². The molecule has 8 nitrogen and oxygen atoms in total. The normalized spacial score (nSPS) is 11.4. The van der Waals surface area contributed by atoms with Crippen LogP contribution in [0.4, 0.5) is 5.69 Å². The molecule has 29 heavy (non-hydrogen) atoms. The molecule has 2 heterocycles. The summed E-state index contributed by atoms with van der Waals surface area (Å²) in [7, 11) is -0.192. The molecule has 0 aliphatic heterocycles. The Balaban J connectivity index is 1.77. The maximum Gasteiger partial charge on any atom is 0.261 e. The molecular formula is C19H20N4O4S2. The Bertz CT molecular complexity index is 1160. The Morgan fingerprint density at radius 3 is 2.38 bits per heavy atom. The van der Waals surface area contributed by atoms with Gasteiger partial charge in [-0.25, -0.2) is 8.42 Å². The summed E-state index contributed by atoms with van der Waals surface area (Å²) in [5.41, 5.74) is 2.44. The number of anilines is 1. The van der Waals surface area contributed by atoms with Gasteiger partial charge in [0, 0.05) is 39.0 Å². The maximum atomic E-state index is 12.7. The second kappa shape index (κ2) is 8.26. The third-order valence-electron chi connectivity index (χ3n) is 4.23. The molecule has 0 saturated carbocycles. The van der Waals surface area contributed by atoms with Gasteiger partial charge < -0.3 is 4.57 Å². The van der Waals surface area contributed by atoms with Crippen LogP contribution in [0.3, 0.4) is 0 Å². The van der Waals surface area contributed by atoms with Gasteiger partial charge in [0.1, 0.15) is 0 Å². The average Bonchev–Trinajstić information content (AvgIpc) is 3.24. The van der Waals surface area contributed by atoms with Crippen LogP contribution in [-0.2, 0) is 28.9 Å². The van der Waals surface area contributed by atoms with Crippen molar-refractivity contribution in [2.45, 2.75) is 11.8 Å². The number of nitrogens with zero attached hydrogens (tertiary/aromatic N) is 3. The zero-order valence-corrected chi connectivity index (χ0v) is 17.8. The lowest BCUT2D eigenvalue weighted by Gasteiger charge is -2.07. The summed E-state index contributed by atoms with van der Waals surface area (Å²) in [5.74, 6) is -0.202. The van der Waals surface area contributed by atoms with E-state index >= 15 is 0 Å². The van der Waals surface area contributed by atoms with E-state index in [0.29, 0.717) is 11.3 Å². The SMILES string of the molecule is CC(=O)SCC(=O)c1ccc(S(=O)(=O)Nc2cc(-c3ccnn3C)n(C)c2)cc1. The number of Topliss-reactive ketones (excluding diaryl/α,β-unsaturated/α-hetero) is 1. The number of nitrogens with one attached hydrogen (secondary N) is 1. The van der Waals surface area contributed by atoms with Crippen molar-refractivity contribution in [3.8, 4) is 11.4 Å². The lowest BCUT2D eigenvalue weighted by atomic mass is 10.1. The fraction of sp³-hybridized carbons (Fsp3) is 0.211. The molecule has 2 aromatic heterocycles. The maximum absolute atomic E-state index is 12.7. The molecule has 10 heteroatoms. The molecule has 0 bridgehead atoms. The van der Waals surface area contributed by atoms with Crippen molar-refractivity contribution in [1.82, 2.24) is 14.3 Å². The summed E-state index contributed by atoms with van der Waals surface area (Å²) in [6.07, 6.45) is 3.35. The first-order valence-corrected chi connectivity index (χ1v) is 11.1. The van der Waals surface area contributed by atoms with E-state index in [4.69, 9.17) is 0 Å². The largest absolute Gasteiger partial charge is 0.347 e. The van der Waals surface area contributed by atoms with Gasteiger partial charge in [-0.15, -0.1) is 0 Å². The molecule has 0 saturated heterocycles. The zero-order valence-electron chi connectivity index (χ0n) is 16.1. The smallest absolute Gasteiger partial charge is 0.261 e. The predicted octanol–water partition coefficient (Wildman–Crippen LogP) is 2.69. The first-order chi connectivity index (χ1) is 13.7. The highest BCUT2D eigenvalue weighted by Crippen LogP contribution is 2.25. The topological polar surface area (TPSA) is 103 Å². The van der Waals surface area contributed by atoms with Crippen molar-refractivity contribution < 1.29 is 18.0 Å². The summed E-state index contributed by atoms with van der Waals surface area (Å²) >= 11 is 0.922. The van der Waals surface area contributed by atoms with Gasteiger partial charge in [-0.3, -0.25) is 19.0 Å². The number of carbonyl (C=O) groups excluding carboxylic acids is 2. The van der Waals surface area contributed by atoms with E-state index in [1.807, 2.05) is 24.7 Å².